The molecule has 1 N–H and O–H groups in total. The summed E-state index contributed by atoms with van der Waals surface area (Å²) >= 11 is 3.09. The van der Waals surface area contributed by atoms with Gasteiger partial charge in [-0.25, -0.2) is 0 Å². The van der Waals surface area contributed by atoms with Crippen molar-refractivity contribution >= 4 is 33.7 Å². The molecule has 0 radical (unpaired) electrons. The van der Waals surface area contributed by atoms with Crippen molar-refractivity contribution in [1.82, 2.24) is 4.90 Å². The van der Waals surface area contributed by atoms with E-state index in [-0.39, 0.29) is 24.3 Å². The molecule has 0 saturated carbocycles. The molecule has 1 aromatic rings. The number of benzene rings is 1. The molecule has 2 amide bonds. The van der Waals surface area contributed by atoms with Crippen molar-refractivity contribution in [3.05, 3.63) is 35.4 Å². The molecule has 1 heterocycles. The van der Waals surface area contributed by atoms with Crippen LogP contribution in [0.15, 0.2) is 24.3 Å². The van der Waals surface area contributed by atoms with Crippen molar-refractivity contribution in [2.75, 3.05) is 6.54 Å². The Morgan fingerprint density at radius 2 is 1.75 bits per heavy atom. The van der Waals surface area contributed by atoms with Crippen molar-refractivity contribution in [1.29, 1.82) is 0 Å². The first-order valence-corrected chi connectivity index (χ1v) is 7.17. The first kappa shape index (κ1) is 14.7. The normalized spacial score (nSPS) is 17.0. The second-order valence-electron chi connectivity index (χ2n) is 4.81. The molecule has 0 aromatic heterocycles. The third kappa shape index (κ3) is 2.60. The summed E-state index contributed by atoms with van der Waals surface area (Å²) in [6.07, 6.45) is 0.438. The van der Waals surface area contributed by atoms with E-state index in [1.165, 1.54) is 4.90 Å². The lowest BCUT2D eigenvalue weighted by atomic mass is 10.0. The van der Waals surface area contributed by atoms with Crippen LogP contribution in [0.4, 0.5) is 0 Å². The van der Waals surface area contributed by atoms with Crippen LogP contribution in [0.2, 0.25) is 0 Å². The van der Waals surface area contributed by atoms with Crippen LogP contribution >= 0.6 is 15.9 Å². The Hall–Kier alpha value is -1.69. The molecule has 5 nitrogen and oxygen atoms in total. The van der Waals surface area contributed by atoms with Gasteiger partial charge in [-0.1, -0.05) is 35.0 Å². The quantitative estimate of drug-likeness (QED) is 0.658. The monoisotopic (exact) mass is 339 g/mol. The summed E-state index contributed by atoms with van der Waals surface area (Å²) in [5.74, 6) is -1.74. The Labute approximate surface area is 124 Å². The molecule has 1 aliphatic rings. The molecular formula is C14H14BrNO4. The van der Waals surface area contributed by atoms with Crippen molar-refractivity contribution in [2.45, 2.75) is 18.2 Å². The zero-order valence-electron chi connectivity index (χ0n) is 10.9. The van der Waals surface area contributed by atoms with Gasteiger partial charge in [0.2, 0.25) is 0 Å². The number of imide groups is 1. The number of amides is 2. The topological polar surface area (TPSA) is 74.7 Å². The van der Waals surface area contributed by atoms with E-state index >= 15 is 0 Å². The van der Waals surface area contributed by atoms with Gasteiger partial charge in [-0.15, -0.1) is 0 Å². The number of carbonyl (C=O) groups excluding carboxylic acids is 2. The number of hydrogen-bond donors (Lipinski definition) is 1. The molecule has 0 saturated heterocycles. The average Bonchev–Trinajstić information content (AvgIpc) is 2.68. The highest BCUT2D eigenvalue weighted by Gasteiger charge is 2.35. The molecule has 20 heavy (non-hydrogen) atoms. The molecule has 6 heteroatoms. The van der Waals surface area contributed by atoms with E-state index in [1.807, 2.05) is 0 Å². The Morgan fingerprint density at radius 1 is 1.25 bits per heavy atom. The lowest BCUT2D eigenvalue weighted by Crippen LogP contribution is -2.33. The molecule has 1 aromatic carbocycles. The molecular weight excluding hydrogens is 326 g/mol. The minimum Gasteiger partial charge on any atom is -0.480 e. The number of hydrogen-bond acceptors (Lipinski definition) is 3. The van der Waals surface area contributed by atoms with Crippen molar-refractivity contribution in [3.63, 3.8) is 0 Å². The third-order valence-electron chi connectivity index (χ3n) is 3.42. The third-order valence-corrected chi connectivity index (χ3v) is 4.72. The smallest absolute Gasteiger partial charge is 0.317 e. The fourth-order valence-electron chi connectivity index (χ4n) is 2.16. The van der Waals surface area contributed by atoms with Crippen molar-refractivity contribution < 1.29 is 19.5 Å². The van der Waals surface area contributed by atoms with Gasteiger partial charge in [0.1, 0.15) is 4.83 Å². The Kier molecular flexibility index (Phi) is 4.23. The summed E-state index contributed by atoms with van der Waals surface area (Å²) < 4.78 is 0. The lowest BCUT2D eigenvalue weighted by molar-refractivity contribution is -0.137. The van der Waals surface area contributed by atoms with E-state index in [4.69, 9.17) is 5.11 Å². The highest BCUT2D eigenvalue weighted by molar-refractivity contribution is 9.10. The Bertz CT molecular complexity index is 537. The lowest BCUT2D eigenvalue weighted by Gasteiger charge is -2.18. The highest BCUT2D eigenvalue weighted by Crippen LogP contribution is 2.24. The summed E-state index contributed by atoms with van der Waals surface area (Å²) in [5, 5.41) is 8.90. The van der Waals surface area contributed by atoms with Crippen LogP contribution in [0.3, 0.4) is 0 Å². The SMILES string of the molecule is C[C@H](CCN1C(=O)c2ccccc2C1=O)[C@H](Br)C(=O)O. The van der Waals surface area contributed by atoms with Crippen LogP contribution in [0.5, 0.6) is 0 Å². The van der Waals surface area contributed by atoms with E-state index in [2.05, 4.69) is 15.9 Å². The van der Waals surface area contributed by atoms with Crippen LogP contribution in [0.1, 0.15) is 34.1 Å². The molecule has 0 aliphatic carbocycles. The fraction of sp³-hybridized carbons (Fsp3) is 0.357. The minimum absolute atomic E-state index is 0.184. The molecule has 0 unspecified atom stereocenters. The summed E-state index contributed by atoms with van der Waals surface area (Å²) in [4.78, 5) is 35.6. The van der Waals surface area contributed by atoms with Crippen LogP contribution in [-0.4, -0.2) is 39.2 Å². The van der Waals surface area contributed by atoms with Gasteiger partial charge in [-0.3, -0.25) is 19.3 Å². The van der Waals surface area contributed by atoms with Gasteiger partial charge >= 0.3 is 5.97 Å². The van der Waals surface area contributed by atoms with Crippen LogP contribution < -0.4 is 0 Å². The summed E-state index contributed by atoms with van der Waals surface area (Å²) in [7, 11) is 0. The Morgan fingerprint density at radius 3 is 2.20 bits per heavy atom. The second-order valence-corrected chi connectivity index (χ2v) is 5.80. The standard InChI is InChI=1S/C14H14BrNO4/c1-8(11(15)14(19)20)6-7-16-12(17)9-4-2-3-5-10(9)13(16)18/h2-5,8,11H,6-7H2,1H3,(H,19,20)/t8-,11+/m1/s1. The number of nitrogens with zero attached hydrogens (tertiary/aromatic N) is 1. The Balaban J connectivity index is 2.04. The van der Waals surface area contributed by atoms with Gasteiger partial charge in [0.15, 0.2) is 0 Å². The average molecular weight is 340 g/mol. The zero-order chi connectivity index (χ0) is 14.9. The predicted molar refractivity (Wildman–Crippen MR) is 75.9 cm³/mol. The number of carboxylic acids is 1. The summed E-state index contributed by atoms with van der Waals surface area (Å²) in [6, 6.07) is 6.69. The molecule has 0 bridgehead atoms. The molecule has 2 atom stereocenters. The van der Waals surface area contributed by atoms with Crippen LogP contribution in [-0.2, 0) is 4.79 Å². The van der Waals surface area contributed by atoms with E-state index in [0.717, 1.165) is 0 Å². The predicted octanol–water partition coefficient (Wildman–Crippen LogP) is 2.16. The maximum absolute atomic E-state index is 12.1. The van der Waals surface area contributed by atoms with Gasteiger partial charge in [-0.05, 0) is 24.5 Å². The second kappa shape index (κ2) is 5.75. The van der Waals surface area contributed by atoms with Gasteiger partial charge in [0.05, 0.1) is 11.1 Å². The maximum Gasteiger partial charge on any atom is 0.317 e. The zero-order valence-corrected chi connectivity index (χ0v) is 12.5. The number of fused-ring (bicyclic) bond motifs is 1. The largest absolute Gasteiger partial charge is 0.480 e. The number of aliphatic carboxylic acids is 1. The minimum atomic E-state index is -0.945. The molecule has 0 spiro atoms. The van der Waals surface area contributed by atoms with Crippen molar-refractivity contribution in [3.8, 4) is 0 Å². The number of alkyl halides is 1. The number of rotatable bonds is 5. The van der Waals surface area contributed by atoms with Gasteiger partial charge in [0.25, 0.3) is 11.8 Å². The molecule has 2 rings (SSSR count). The number of halogens is 1. The highest BCUT2D eigenvalue weighted by atomic mass is 79.9. The van der Waals surface area contributed by atoms with E-state index in [1.54, 1.807) is 31.2 Å². The molecule has 0 fully saturated rings. The first-order chi connectivity index (χ1) is 9.43. The molecule has 106 valence electrons. The van der Waals surface area contributed by atoms with E-state index < -0.39 is 10.8 Å². The fourth-order valence-corrected chi connectivity index (χ4v) is 2.43. The molecule has 1 aliphatic heterocycles. The number of carboxylic acid groups (broad SMARTS) is 1. The summed E-state index contributed by atoms with van der Waals surface area (Å²) in [5.41, 5.74) is 0.831. The maximum atomic E-state index is 12.1. The van der Waals surface area contributed by atoms with Crippen molar-refractivity contribution in [2.24, 2.45) is 5.92 Å². The van der Waals surface area contributed by atoms with Crippen LogP contribution in [0, 0.1) is 5.92 Å². The van der Waals surface area contributed by atoms with Gasteiger partial charge < -0.3 is 5.11 Å². The number of carbonyl (C=O) groups is 3. The van der Waals surface area contributed by atoms with E-state index in [0.29, 0.717) is 17.5 Å². The van der Waals surface area contributed by atoms with Crippen LogP contribution in [0.25, 0.3) is 0 Å². The van der Waals surface area contributed by atoms with Gasteiger partial charge in [0, 0.05) is 6.54 Å². The van der Waals surface area contributed by atoms with E-state index in [9.17, 15) is 14.4 Å². The van der Waals surface area contributed by atoms with Gasteiger partial charge in [-0.2, -0.15) is 0 Å². The summed E-state index contributed by atoms with van der Waals surface area (Å²) in [6.45, 7) is 1.99. The first-order valence-electron chi connectivity index (χ1n) is 6.25.